The summed E-state index contributed by atoms with van der Waals surface area (Å²) in [5.74, 6) is 0. The summed E-state index contributed by atoms with van der Waals surface area (Å²) in [6, 6.07) is 49.1. The van der Waals surface area contributed by atoms with E-state index in [2.05, 4.69) is 145 Å². The predicted octanol–water partition coefficient (Wildman–Crippen LogP) is 10.6. The van der Waals surface area contributed by atoms with E-state index in [9.17, 15) is 0 Å². The van der Waals surface area contributed by atoms with E-state index in [1.165, 1.54) is 65.8 Å². The lowest BCUT2D eigenvalue weighted by Gasteiger charge is -2.28. The van der Waals surface area contributed by atoms with Gasteiger partial charge in [0.25, 0.3) is 0 Å². The summed E-state index contributed by atoms with van der Waals surface area (Å²) in [6.07, 6.45) is 0. The van der Waals surface area contributed by atoms with Crippen LogP contribution in [0.4, 0.5) is 17.1 Å². The molecule has 0 heterocycles. The molecule has 0 spiro atoms. The Balaban J connectivity index is 1.42. The standard InChI is InChI=1S/C37H25N/c1-24-13-14-28-23-30(18-16-27(28)21-24)38(29-17-15-25-7-2-3-8-26(25)22-29)36-20-19-34-32-10-5-4-9-31(32)33-11-6-12-35(36)37(33)34/h2-23H,1H3. The summed E-state index contributed by atoms with van der Waals surface area (Å²) >= 11 is 0. The van der Waals surface area contributed by atoms with Crippen molar-refractivity contribution in [3.8, 4) is 22.3 Å². The fourth-order valence-corrected chi connectivity index (χ4v) is 6.22. The molecule has 1 nitrogen and oxygen atoms in total. The van der Waals surface area contributed by atoms with Crippen molar-refractivity contribution < 1.29 is 0 Å². The molecule has 0 bridgehead atoms. The Morgan fingerprint density at radius 2 is 1.00 bits per heavy atom. The first kappa shape index (κ1) is 21.2. The third-order valence-electron chi connectivity index (χ3n) is 7.99. The van der Waals surface area contributed by atoms with Crippen molar-refractivity contribution in [3.63, 3.8) is 0 Å². The Morgan fingerprint density at radius 3 is 1.79 bits per heavy atom. The van der Waals surface area contributed by atoms with E-state index >= 15 is 0 Å². The smallest absolute Gasteiger partial charge is 0.0540 e. The van der Waals surface area contributed by atoms with Crippen LogP contribution < -0.4 is 4.90 Å². The van der Waals surface area contributed by atoms with Crippen LogP contribution in [0.5, 0.6) is 0 Å². The van der Waals surface area contributed by atoms with E-state index in [0.717, 1.165) is 11.4 Å². The van der Waals surface area contributed by atoms with Gasteiger partial charge >= 0.3 is 0 Å². The molecule has 1 aliphatic rings. The largest absolute Gasteiger partial charge is 0.310 e. The predicted molar refractivity (Wildman–Crippen MR) is 163 cm³/mol. The highest BCUT2D eigenvalue weighted by Crippen LogP contribution is 2.51. The van der Waals surface area contributed by atoms with Crippen LogP contribution >= 0.6 is 0 Å². The van der Waals surface area contributed by atoms with E-state index in [4.69, 9.17) is 0 Å². The van der Waals surface area contributed by atoms with Crippen LogP contribution in [-0.2, 0) is 0 Å². The lowest BCUT2D eigenvalue weighted by atomic mass is 9.99. The minimum absolute atomic E-state index is 1.16. The Bertz CT molecular complexity index is 2020. The maximum atomic E-state index is 2.43. The van der Waals surface area contributed by atoms with E-state index in [1.54, 1.807) is 0 Å². The summed E-state index contributed by atoms with van der Waals surface area (Å²) in [7, 11) is 0. The average molecular weight is 484 g/mol. The summed E-state index contributed by atoms with van der Waals surface area (Å²) in [6.45, 7) is 2.15. The van der Waals surface area contributed by atoms with Crippen molar-refractivity contribution in [2.24, 2.45) is 0 Å². The average Bonchev–Trinajstić information content (AvgIpc) is 3.29. The number of hydrogen-bond donors (Lipinski definition) is 0. The van der Waals surface area contributed by atoms with Crippen molar-refractivity contribution in [2.45, 2.75) is 6.92 Å². The molecular weight excluding hydrogens is 458 g/mol. The number of rotatable bonds is 3. The molecule has 0 unspecified atom stereocenters. The fourth-order valence-electron chi connectivity index (χ4n) is 6.22. The molecule has 0 aliphatic heterocycles. The van der Waals surface area contributed by atoms with E-state index in [-0.39, 0.29) is 0 Å². The van der Waals surface area contributed by atoms with E-state index in [0.29, 0.717) is 0 Å². The fraction of sp³-hybridized carbons (Fsp3) is 0.0270. The highest BCUT2D eigenvalue weighted by Gasteiger charge is 2.24. The van der Waals surface area contributed by atoms with Crippen molar-refractivity contribution in [3.05, 3.63) is 139 Å². The van der Waals surface area contributed by atoms with Gasteiger partial charge in [-0.1, -0.05) is 109 Å². The summed E-state index contributed by atoms with van der Waals surface area (Å²) in [5, 5.41) is 7.62. The van der Waals surface area contributed by atoms with Gasteiger partial charge in [0.2, 0.25) is 0 Å². The molecule has 38 heavy (non-hydrogen) atoms. The first-order valence-corrected chi connectivity index (χ1v) is 13.2. The minimum atomic E-state index is 1.16. The van der Waals surface area contributed by atoms with E-state index in [1.807, 2.05) is 0 Å². The molecule has 7 aromatic carbocycles. The molecule has 0 fully saturated rings. The minimum Gasteiger partial charge on any atom is -0.310 e. The van der Waals surface area contributed by atoms with Crippen LogP contribution in [0.1, 0.15) is 5.56 Å². The number of benzene rings is 7. The van der Waals surface area contributed by atoms with Crippen LogP contribution in [0.3, 0.4) is 0 Å². The Kier molecular flexibility index (Phi) is 4.50. The lowest BCUT2D eigenvalue weighted by molar-refractivity contribution is 1.31. The van der Waals surface area contributed by atoms with Gasteiger partial charge < -0.3 is 4.90 Å². The summed E-state index contributed by atoms with van der Waals surface area (Å²) in [4.78, 5) is 2.43. The van der Waals surface area contributed by atoms with Crippen LogP contribution in [0.15, 0.2) is 133 Å². The number of nitrogens with zero attached hydrogens (tertiary/aromatic N) is 1. The maximum Gasteiger partial charge on any atom is 0.0540 e. The molecule has 0 N–H and O–H groups in total. The molecule has 0 aromatic heterocycles. The third-order valence-corrected chi connectivity index (χ3v) is 7.99. The number of fused-ring (bicyclic) bond motifs is 5. The topological polar surface area (TPSA) is 3.24 Å². The second-order valence-corrected chi connectivity index (χ2v) is 10.3. The van der Waals surface area contributed by atoms with Crippen LogP contribution in [0.25, 0.3) is 54.6 Å². The molecule has 1 heteroatoms. The second-order valence-electron chi connectivity index (χ2n) is 10.3. The van der Waals surface area contributed by atoms with Crippen molar-refractivity contribution in [2.75, 3.05) is 4.90 Å². The van der Waals surface area contributed by atoms with Crippen LogP contribution in [-0.4, -0.2) is 0 Å². The number of hydrogen-bond acceptors (Lipinski definition) is 1. The highest BCUT2D eigenvalue weighted by molar-refractivity contribution is 6.19. The highest BCUT2D eigenvalue weighted by atomic mass is 15.1. The van der Waals surface area contributed by atoms with Gasteiger partial charge in [0.15, 0.2) is 0 Å². The zero-order chi connectivity index (χ0) is 25.2. The number of anilines is 3. The molecule has 0 saturated heterocycles. The first-order chi connectivity index (χ1) is 18.7. The van der Waals surface area contributed by atoms with Gasteiger partial charge in [-0.2, -0.15) is 0 Å². The maximum absolute atomic E-state index is 2.43. The molecule has 1 aliphatic carbocycles. The van der Waals surface area contributed by atoms with Crippen molar-refractivity contribution in [1.29, 1.82) is 0 Å². The zero-order valence-corrected chi connectivity index (χ0v) is 21.1. The van der Waals surface area contributed by atoms with Gasteiger partial charge in [-0.25, -0.2) is 0 Å². The lowest BCUT2D eigenvalue weighted by Crippen LogP contribution is -2.10. The normalized spacial score (nSPS) is 11.8. The second kappa shape index (κ2) is 8.06. The van der Waals surface area contributed by atoms with Gasteiger partial charge in [0.1, 0.15) is 0 Å². The van der Waals surface area contributed by atoms with Gasteiger partial charge in [-0.15, -0.1) is 0 Å². The van der Waals surface area contributed by atoms with Gasteiger partial charge in [0, 0.05) is 16.8 Å². The van der Waals surface area contributed by atoms with Gasteiger partial charge in [-0.3, -0.25) is 0 Å². The molecule has 0 atom stereocenters. The Hall–Kier alpha value is -4.88. The molecule has 0 saturated carbocycles. The van der Waals surface area contributed by atoms with Crippen molar-refractivity contribution >= 4 is 49.4 Å². The Morgan fingerprint density at radius 1 is 0.421 bits per heavy atom. The van der Waals surface area contributed by atoms with Crippen molar-refractivity contribution in [1.82, 2.24) is 0 Å². The summed E-state index contributed by atoms with van der Waals surface area (Å²) in [5.41, 5.74) is 10.1. The van der Waals surface area contributed by atoms with Gasteiger partial charge in [0.05, 0.1) is 5.69 Å². The Labute approximate surface area is 222 Å². The molecular formula is C37H25N. The monoisotopic (exact) mass is 483 g/mol. The first-order valence-electron chi connectivity index (χ1n) is 13.2. The van der Waals surface area contributed by atoms with Crippen LogP contribution in [0, 0.1) is 6.92 Å². The quantitative estimate of drug-likeness (QED) is 0.241. The summed E-state index contributed by atoms with van der Waals surface area (Å²) < 4.78 is 0. The van der Waals surface area contributed by atoms with Crippen LogP contribution in [0.2, 0.25) is 0 Å². The third kappa shape index (κ3) is 3.12. The van der Waals surface area contributed by atoms with E-state index < -0.39 is 0 Å². The molecule has 8 rings (SSSR count). The SMILES string of the molecule is Cc1ccc2cc(N(c3ccc4ccccc4c3)c3ccc4c5c(cccc35)-c3ccccc3-4)ccc2c1. The molecule has 178 valence electrons. The molecule has 0 amide bonds. The zero-order valence-electron chi connectivity index (χ0n) is 21.1. The molecule has 0 radical (unpaired) electrons. The van der Waals surface area contributed by atoms with Gasteiger partial charge in [-0.05, 0) is 86.4 Å². The number of aryl methyl sites for hydroxylation is 1. The molecule has 7 aromatic rings.